The number of nitrogens with one attached hydrogen (secondary N) is 1. The summed E-state index contributed by atoms with van der Waals surface area (Å²) in [7, 11) is 2.48. The van der Waals surface area contributed by atoms with Crippen LogP contribution in [0.25, 0.3) is 0 Å². The zero-order chi connectivity index (χ0) is 21.3. The van der Waals surface area contributed by atoms with E-state index in [0.717, 1.165) is 18.5 Å². The minimum Gasteiger partial charge on any atom is -0.465 e. The molecule has 1 fully saturated rings. The Morgan fingerprint density at radius 3 is 2.00 bits per heavy atom. The van der Waals surface area contributed by atoms with Crippen LogP contribution >= 0.6 is 0 Å². The molecule has 0 saturated heterocycles. The van der Waals surface area contributed by atoms with Crippen molar-refractivity contribution < 1.29 is 23.9 Å². The van der Waals surface area contributed by atoms with Gasteiger partial charge >= 0.3 is 11.9 Å². The molecule has 29 heavy (non-hydrogen) atoms. The van der Waals surface area contributed by atoms with Gasteiger partial charge < -0.3 is 14.8 Å². The van der Waals surface area contributed by atoms with Crippen LogP contribution in [-0.2, 0) is 15.0 Å². The normalized spacial score (nSPS) is 13.7. The predicted molar refractivity (Wildman–Crippen MR) is 106 cm³/mol. The standard InChI is InChI=1S/C21H25N3O5/c1-21(2,3)24-17(12-6-7-12)11-16(23-24)18(25)22-15-9-13(19(26)28-4)8-14(10-15)20(27)29-5/h8-12H,6-7H2,1-5H3,(H,22,25). The lowest BCUT2D eigenvalue weighted by Crippen LogP contribution is -2.25. The van der Waals surface area contributed by atoms with Gasteiger partial charge in [-0.2, -0.15) is 5.10 Å². The number of amides is 1. The van der Waals surface area contributed by atoms with Gasteiger partial charge in [0, 0.05) is 17.3 Å². The van der Waals surface area contributed by atoms with E-state index >= 15 is 0 Å². The molecule has 8 nitrogen and oxygen atoms in total. The zero-order valence-corrected chi connectivity index (χ0v) is 17.2. The number of carbonyl (C=O) groups excluding carboxylic acids is 3. The lowest BCUT2D eigenvalue weighted by molar-refractivity contribution is 0.0599. The summed E-state index contributed by atoms with van der Waals surface area (Å²) in [5, 5.41) is 7.23. The van der Waals surface area contributed by atoms with Crippen LogP contribution in [0.2, 0.25) is 0 Å². The molecular weight excluding hydrogens is 374 g/mol. The molecule has 0 unspecified atom stereocenters. The summed E-state index contributed by atoms with van der Waals surface area (Å²) in [6.45, 7) is 6.11. The van der Waals surface area contributed by atoms with Crippen molar-refractivity contribution >= 4 is 23.5 Å². The Balaban J connectivity index is 1.92. The van der Waals surface area contributed by atoms with Gasteiger partial charge in [0.05, 0.1) is 30.9 Å². The molecule has 0 atom stereocenters. The number of carbonyl (C=O) groups is 3. The number of rotatable bonds is 5. The van der Waals surface area contributed by atoms with Crippen molar-refractivity contribution in [3.05, 3.63) is 46.8 Å². The highest BCUT2D eigenvalue weighted by Crippen LogP contribution is 2.41. The van der Waals surface area contributed by atoms with Gasteiger partial charge in [-0.25, -0.2) is 9.59 Å². The van der Waals surface area contributed by atoms with E-state index in [1.807, 2.05) is 31.5 Å². The van der Waals surface area contributed by atoms with E-state index in [-0.39, 0.29) is 28.0 Å². The molecule has 1 aromatic heterocycles. The van der Waals surface area contributed by atoms with Crippen molar-refractivity contribution in [3.63, 3.8) is 0 Å². The van der Waals surface area contributed by atoms with Gasteiger partial charge in [0.2, 0.25) is 0 Å². The van der Waals surface area contributed by atoms with Crippen LogP contribution < -0.4 is 5.32 Å². The van der Waals surface area contributed by atoms with Crippen LogP contribution in [0.5, 0.6) is 0 Å². The average molecular weight is 399 g/mol. The Bertz CT molecular complexity index is 933. The number of methoxy groups -OCH3 is 2. The molecule has 1 N–H and O–H groups in total. The minimum absolute atomic E-state index is 0.129. The number of ether oxygens (including phenoxy) is 2. The van der Waals surface area contributed by atoms with E-state index in [1.165, 1.54) is 32.4 Å². The number of nitrogens with zero attached hydrogens (tertiary/aromatic N) is 2. The summed E-state index contributed by atoms with van der Waals surface area (Å²) in [6.07, 6.45) is 2.18. The predicted octanol–water partition coefficient (Wildman–Crippen LogP) is 3.34. The van der Waals surface area contributed by atoms with Gasteiger partial charge in [0.1, 0.15) is 0 Å². The first kappa shape index (κ1) is 20.6. The first-order valence-electron chi connectivity index (χ1n) is 9.37. The Morgan fingerprint density at radius 1 is 1.00 bits per heavy atom. The molecule has 0 aliphatic heterocycles. The second-order valence-corrected chi connectivity index (χ2v) is 8.05. The third-order valence-electron chi connectivity index (χ3n) is 4.63. The molecule has 0 bridgehead atoms. The van der Waals surface area contributed by atoms with Gasteiger partial charge in [-0.05, 0) is 57.9 Å². The van der Waals surface area contributed by atoms with E-state index in [2.05, 4.69) is 10.4 Å². The molecule has 2 aromatic rings. The van der Waals surface area contributed by atoms with Crippen molar-refractivity contribution in [2.24, 2.45) is 0 Å². The molecule has 1 aliphatic carbocycles. The van der Waals surface area contributed by atoms with Gasteiger partial charge in [0.25, 0.3) is 5.91 Å². The van der Waals surface area contributed by atoms with E-state index in [1.54, 1.807) is 0 Å². The maximum absolute atomic E-state index is 12.8. The Morgan fingerprint density at radius 2 is 1.55 bits per heavy atom. The van der Waals surface area contributed by atoms with Crippen LogP contribution in [-0.4, -0.2) is 41.8 Å². The first-order chi connectivity index (χ1) is 13.6. The third kappa shape index (κ3) is 4.47. The van der Waals surface area contributed by atoms with Crippen molar-refractivity contribution in [2.45, 2.75) is 45.1 Å². The average Bonchev–Trinajstić information content (AvgIpc) is 3.42. The molecule has 3 rings (SSSR count). The molecule has 1 amide bonds. The summed E-state index contributed by atoms with van der Waals surface area (Å²) >= 11 is 0. The summed E-state index contributed by atoms with van der Waals surface area (Å²) in [5.74, 6) is -1.25. The highest BCUT2D eigenvalue weighted by Gasteiger charge is 2.32. The van der Waals surface area contributed by atoms with Crippen LogP contribution in [0.4, 0.5) is 5.69 Å². The summed E-state index contributed by atoms with van der Waals surface area (Å²) < 4.78 is 11.3. The molecule has 154 valence electrons. The maximum atomic E-state index is 12.8. The maximum Gasteiger partial charge on any atom is 0.337 e. The molecule has 1 aliphatic rings. The first-order valence-corrected chi connectivity index (χ1v) is 9.37. The molecular formula is C21H25N3O5. The van der Waals surface area contributed by atoms with Gasteiger partial charge in [-0.3, -0.25) is 9.48 Å². The summed E-state index contributed by atoms with van der Waals surface area (Å²) in [4.78, 5) is 36.7. The summed E-state index contributed by atoms with van der Waals surface area (Å²) in [5.41, 5.74) is 1.61. The Labute approximate surface area is 169 Å². The third-order valence-corrected chi connectivity index (χ3v) is 4.63. The zero-order valence-electron chi connectivity index (χ0n) is 17.2. The Hall–Kier alpha value is -3.16. The van der Waals surface area contributed by atoms with Crippen molar-refractivity contribution in [3.8, 4) is 0 Å². The second kappa shape index (κ2) is 7.69. The fraction of sp³-hybridized carbons (Fsp3) is 0.429. The van der Waals surface area contributed by atoms with Crippen molar-refractivity contribution in [1.82, 2.24) is 9.78 Å². The molecule has 1 heterocycles. The minimum atomic E-state index is -0.626. The number of benzene rings is 1. The SMILES string of the molecule is COC(=O)c1cc(NC(=O)c2cc(C3CC3)n(C(C)(C)C)n2)cc(C(=O)OC)c1. The molecule has 1 aromatic carbocycles. The highest BCUT2D eigenvalue weighted by atomic mass is 16.5. The number of hydrogen-bond acceptors (Lipinski definition) is 6. The fourth-order valence-electron chi connectivity index (χ4n) is 3.08. The number of esters is 2. The van der Waals surface area contributed by atoms with Crippen LogP contribution in [0.3, 0.4) is 0 Å². The number of anilines is 1. The molecule has 0 radical (unpaired) electrons. The Kier molecular flexibility index (Phi) is 5.46. The van der Waals surface area contributed by atoms with E-state index < -0.39 is 17.8 Å². The molecule has 1 saturated carbocycles. The van der Waals surface area contributed by atoms with Crippen molar-refractivity contribution in [2.75, 3.05) is 19.5 Å². The van der Waals surface area contributed by atoms with Crippen molar-refractivity contribution in [1.29, 1.82) is 0 Å². The lowest BCUT2D eigenvalue weighted by atomic mass is 10.1. The molecule has 0 spiro atoms. The summed E-state index contributed by atoms with van der Waals surface area (Å²) in [6, 6.07) is 6.05. The largest absolute Gasteiger partial charge is 0.465 e. The van der Waals surface area contributed by atoms with E-state index in [9.17, 15) is 14.4 Å². The van der Waals surface area contributed by atoms with E-state index in [0.29, 0.717) is 5.92 Å². The number of hydrogen-bond donors (Lipinski definition) is 1. The lowest BCUT2D eigenvalue weighted by Gasteiger charge is -2.22. The van der Waals surface area contributed by atoms with Crippen LogP contribution in [0.1, 0.15) is 76.4 Å². The quantitative estimate of drug-likeness (QED) is 0.774. The monoisotopic (exact) mass is 399 g/mol. The number of aromatic nitrogens is 2. The second-order valence-electron chi connectivity index (χ2n) is 8.05. The fourth-order valence-corrected chi connectivity index (χ4v) is 3.08. The molecule has 8 heteroatoms. The van der Waals surface area contributed by atoms with Crippen LogP contribution in [0.15, 0.2) is 24.3 Å². The van der Waals surface area contributed by atoms with Gasteiger partial charge in [-0.1, -0.05) is 0 Å². The topological polar surface area (TPSA) is 99.5 Å². The van der Waals surface area contributed by atoms with E-state index in [4.69, 9.17) is 9.47 Å². The van der Waals surface area contributed by atoms with Gasteiger partial charge in [0.15, 0.2) is 5.69 Å². The highest BCUT2D eigenvalue weighted by molar-refractivity contribution is 6.05. The van der Waals surface area contributed by atoms with Crippen LogP contribution in [0, 0.1) is 0 Å². The van der Waals surface area contributed by atoms with Gasteiger partial charge in [-0.15, -0.1) is 0 Å². The smallest absolute Gasteiger partial charge is 0.337 e.